The van der Waals surface area contributed by atoms with Crippen molar-refractivity contribution in [3.63, 3.8) is 0 Å². The first-order valence-corrected chi connectivity index (χ1v) is 7.22. The average Bonchev–Trinajstić information content (AvgIpc) is 2.76. The van der Waals surface area contributed by atoms with Gasteiger partial charge in [-0.15, -0.1) is 0 Å². The third-order valence-corrected chi connectivity index (χ3v) is 3.53. The molecule has 0 amide bonds. The summed E-state index contributed by atoms with van der Waals surface area (Å²) < 4.78 is 1.92. The van der Waals surface area contributed by atoms with E-state index in [2.05, 4.69) is 23.3 Å². The molecule has 4 heteroatoms. The Bertz CT molecular complexity index is 787. The van der Waals surface area contributed by atoms with Gasteiger partial charge in [0, 0.05) is 17.1 Å². The maximum absolute atomic E-state index is 6.00. The summed E-state index contributed by atoms with van der Waals surface area (Å²) in [7, 11) is 0. The van der Waals surface area contributed by atoms with Crippen LogP contribution in [0.1, 0.15) is 23.9 Å². The molecule has 2 heterocycles. The van der Waals surface area contributed by atoms with Crippen LogP contribution in [0.3, 0.4) is 0 Å². The van der Waals surface area contributed by atoms with E-state index in [0.29, 0.717) is 0 Å². The van der Waals surface area contributed by atoms with E-state index in [4.69, 9.17) is 10.7 Å². The van der Waals surface area contributed by atoms with Crippen molar-refractivity contribution in [3.8, 4) is 5.82 Å². The molecule has 2 N–H and O–H groups in total. The van der Waals surface area contributed by atoms with Crippen LogP contribution in [0.15, 0.2) is 36.4 Å². The van der Waals surface area contributed by atoms with E-state index in [9.17, 15) is 0 Å². The van der Waals surface area contributed by atoms with Crippen molar-refractivity contribution < 1.29 is 0 Å². The summed E-state index contributed by atoms with van der Waals surface area (Å²) in [5.41, 5.74) is 10.2. The lowest BCUT2D eigenvalue weighted by molar-refractivity contribution is 0.717. The summed E-state index contributed by atoms with van der Waals surface area (Å²) in [4.78, 5) is 4.82. The van der Waals surface area contributed by atoms with E-state index in [0.717, 1.165) is 40.1 Å². The summed E-state index contributed by atoms with van der Waals surface area (Å²) in [5, 5.41) is 5.71. The van der Waals surface area contributed by atoms with Crippen molar-refractivity contribution in [2.24, 2.45) is 5.73 Å². The Morgan fingerprint density at radius 3 is 2.62 bits per heavy atom. The van der Waals surface area contributed by atoms with E-state index in [-0.39, 0.29) is 6.04 Å². The molecule has 0 saturated heterocycles. The molecule has 0 aliphatic heterocycles. The van der Waals surface area contributed by atoms with Crippen LogP contribution in [0.25, 0.3) is 16.7 Å². The minimum absolute atomic E-state index is 0.0867. The van der Waals surface area contributed by atoms with Gasteiger partial charge >= 0.3 is 0 Å². The van der Waals surface area contributed by atoms with E-state index in [1.54, 1.807) is 0 Å². The summed E-state index contributed by atoms with van der Waals surface area (Å²) in [6.07, 6.45) is 0.783. The minimum Gasteiger partial charge on any atom is -0.328 e. The number of hydrogen-bond acceptors (Lipinski definition) is 3. The van der Waals surface area contributed by atoms with Crippen LogP contribution in [-0.4, -0.2) is 20.8 Å². The van der Waals surface area contributed by atoms with Gasteiger partial charge < -0.3 is 5.73 Å². The lowest BCUT2D eigenvalue weighted by Crippen LogP contribution is -2.20. The molecule has 0 radical (unpaired) electrons. The quantitative estimate of drug-likeness (QED) is 0.802. The van der Waals surface area contributed by atoms with Gasteiger partial charge in [0.15, 0.2) is 5.82 Å². The Morgan fingerprint density at radius 1 is 1.19 bits per heavy atom. The average molecular weight is 280 g/mol. The van der Waals surface area contributed by atoms with Gasteiger partial charge in [-0.1, -0.05) is 18.2 Å². The van der Waals surface area contributed by atoms with Gasteiger partial charge in [0.2, 0.25) is 0 Å². The molecule has 4 nitrogen and oxygen atoms in total. The maximum Gasteiger partial charge on any atom is 0.157 e. The molecule has 0 bridgehead atoms. The van der Waals surface area contributed by atoms with Crippen molar-refractivity contribution in [1.82, 2.24) is 14.8 Å². The molecule has 1 atom stereocenters. The number of para-hydroxylation sites is 1. The monoisotopic (exact) mass is 280 g/mol. The summed E-state index contributed by atoms with van der Waals surface area (Å²) in [6, 6.07) is 12.5. The van der Waals surface area contributed by atoms with Crippen LogP contribution in [-0.2, 0) is 6.42 Å². The normalized spacial score (nSPS) is 12.8. The van der Waals surface area contributed by atoms with Crippen LogP contribution in [0, 0.1) is 13.8 Å². The minimum atomic E-state index is 0.0867. The van der Waals surface area contributed by atoms with Crippen molar-refractivity contribution in [3.05, 3.63) is 53.3 Å². The topological polar surface area (TPSA) is 56.7 Å². The molecular weight excluding hydrogens is 260 g/mol. The Balaban J connectivity index is 2.25. The van der Waals surface area contributed by atoms with E-state index in [1.165, 1.54) is 0 Å². The fourth-order valence-corrected chi connectivity index (χ4v) is 2.67. The lowest BCUT2D eigenvalue weighted by atomic mass is 10.1. The molecule has 3 rings (SSSR count). The summed E-state index contributed by atoms with van der Waals surface area (Å²) >= 11 is 0. The van der Waals surface area contributed by atoms with Gasteiger partial charge in [0.1, 0.15) is 0 Å². The Kier molecular flexibility index (Phi) is 3.47. The van der Waals surface area contributed by atoms with E-state index in [1.807, 2.05) is 43.7 Å². The van der Waals surface area contributed by atoms with Gasteiger partial charge in [-0.25, -0.2) is 9.67 Å². The molecule has 21 heavy (non-hydrogen) atoms. The summed E-state index contributed by atoms with van der Waals surface area (Å²) in [6.45, 7) is 6.06. The first-order valence-electron chi connectivity index (χ1n) is 7.22. The second-order valence-corrected chi connectivity index (χ2v) is 5.68. The predicted octanol–water partition coefficient (Wildman–Crippen LogP) is 2.93. The van der Waals surface area contributed by atoms with Crippen LogP contribution < -0.4 is 5.73 Å². The van der Waals surface area contributed by atoms with Crippen molar-refractivity contribution in [2.45, 2.75) is 33.2 Å². The Hall–Kier alpha value is -2.20. The first-order chi connectivity index (χ1) is 10.0. The summed E-state index contributed by atoms with van der Waals surface area (Å²) in [5.74, 6) is 0.886. The third kappa shape index (κ3) is 2.67. The molecule has 2 aromatic heterocycles. The molecule has 1 unspecified atom stereocenters. The SMILES string of the molecule is Cc1cc(C)n(-c2nc3ccccc3cc2CC(C)N)n1. The molecule has 0 spiro atoms. The highest BCUT2D eigenvalue weighted by Gasteiger charge is 2.13. The number of nitrogens with zero attached hydrogens (tertiary/aromatic N) is 3. The van der Waals surface area contributed by atoms with Gasteiger partial charge in [-0.05, 0) is 51.0 Å². The first kappa shape index (κ1) is 13.8. The zero-order valence-electron chi connectivity index (χ0n) is 12.7. The fraction of sp³-hybridized carbons (Fsp3) is 0.294. The second-order valence-electron chi connectivity index (χ2n) is 5.68. The zero-order chi connectivity index (χ0) is 15.0. The fourth-order valence-electron chi connectivity index (χ4n) is 2.67. The standard InChI is InChI=1S/C17H20N4/c1-11(18)8-15-10-14-6-4-5-7-16(14)19-17(15)21-13(3)9-12(2)20-21/h4-7,9-11H,8,18H2,1-3H3. The number of aromatic nitrogens is 3. The van der Waals surface area contributed by atoms with Crippen molar-refractivity contribution in [2.75, 3.05) is 0 Å². The molecular formula is C17H20N4. The van der Waals surface area contributed by atoms with Crippen LogP contribution in [0.5, 0.6) is 0 Å². The zero-order valence-corrected chi connectivity index (χ0v) is 12.7. The molecule has 0 aliphatic carbocycles. The Morgan fingerprint density at radius 2 is 1.95 bits per heavy atom. The molecule has 1 aromatic carbocycles. The smallest absolute Gasteiger partial charge is 0.157 e. The van der Waals surface area contributed by atoms with Crippen LogP contribution in [0.2, 0.25) is 0 Å². The molecule has 0 fully saturated rings. The number of fused-ring (bicyclic) bond motifs is 1. The van der Waals surface area contributed by atoms with E-state index < -0.39 is 0 Å². The highest BCUT2D eigenvalue weighted by Crippen LogP contribution is 2.22. The molecule has 0 aliphatic rings. The van der Waals surface area contributed by atoms with Crippen LogP contribution in [0.4, 0.5) is 0 Å². The number of rotatable bonds is 3. The van der Waals surface area contributed by atoms with Gasteiger partial charge in [0.25, 0.3) is 0 Å². The second kappa shape index (κ2) is 5.30. The molecule has 0 saturated carbocycles. The molecule has 108 valence electrons. The van der Waals surface area contributed by atoms with Crippen LogP contribution >= 0.6 is 0 Å². The van der Waals surface area contributed by atoms with Gasteiger partial charge in [0.05, 0.1) is 11.2 Å². The number of hydrogen-bond donors (Lipinski definition) is 1. The third-order valence-electron chi connectivity index (χ3n) is 3.53. The molecule has 3 aromatic rings. The van der Waals surface area contributed by atoms with E-state index >= 15 is 0 Å². The Labute approximate surface area is 124 Å². The van der Waals surface area contributed by atoms with Gasteiger partial charge in [-0.3, -0.25) is 0 Å². The van der Waals surface area contributed by atoms with Crippen molar-refractivity contribution in [1.29, 1.82) is 0 Å². The highest BCUT2D eigenvalue weighted by molar-refractivity contribution is 5.80. The number of nitrogens with two attached hydrogens (primary N) is 1. The lowest BCUT2D eigenvalue weighted by Gasteiger charge is -2.13. The highest BCUT2D eigenvalue weighted by atomic mass is 15.3. The maximum atomic E-state index is 6.00. The number of pyridine rings is 1. The number of benzene rings is 1. The van der Waals surface area contributed by atoms with Crippen molar-refractivity contribution >= 4 is 10.9 Å². The largest absolute Gasteiger partial charge is 0.328 e. The predicted molar refractivity (Wildman–Crippen MR) is 85.7 cm³/mol. The van der Waals surface area contributed by atoms with Gasteiger partial charge in [-0.2, -0.15) is 5.10 Å². The number of aryl methyl sites for hydroxylation is 2.